The predicted octanol–water partition coefficient (Wildman–Crippen LogP) is 11.6. The normalized spacial score (nSPS) is 11.2. The fraction of sp³-hybridized carbons (Fsp3) is 0. The highest BCUT2D eigenvalue weighted by atomic mass is 14.9. The van der Waals surface area contributed by atoms with Gasteiger partial charge >= 0.3 is 0 Å². The number of rotatable bonds is 6. The summed E-state index contributed by atoms with van der Waals surface area (Å²) < 4.78 is 0. The van der Waals surface area contributed by atoms with Crippen molar-refractivity contribution in [2.75, 3.05) is 0 Å². The van der Waals surface area contributed by atoms with Gasteiger partial charge in [0.25, 0.3) is 0 Å². The Kier molecular flexibility index (Phi) is 7.45. The van der Waals surface area contributed by atoms with Crippen LogP contribution in [0.15, 0.2) is 182 Å². The Labute approximate surface area is 290 Å². The number of nitrogens with zero attached hydrogens (tertiary/aromatic N) is 4. The quantitative estimate of drug-likeness (QED) is 0.170. The Hall–Kier alpha value is -6.78. The summed E-state index contributed by atoms with van der Waals surface area (Å²) in [5.41, 5.74) is 9.66. The lowest BCUT2D eigenvalue weighted by molar-refractivity contribution is 1.18. The molecule has 0 atom stereocenters. The first-order valence-corrected chi connectivity index (χ1v) is 16.7. The topological polar surface area (TPSA) is 51.6 Å². The highest BCUT2D eigenvalue weighted by Gasteiger charge is 2.21. The first-order valence-electron chi connectivity index (χ1n) is 16.7. The smallest absolute Gasteiger partial charge is 0.160 e. The van der Waals surface area contributed by atoms with Crippen LogP contribution in [0.1, 0.15) is 0 Å². The van der Waals surface area contributed by atoms with Gasteiger partial charge in [-0.3, -0.25) is 0 Å². The Balaban J connectivity index is 1.35. The minimum Gasteiger partial charge on any atom is -0.228 e. The van der Waals surface area contributed by atoms with Crippen molar-refractivity contribution in [1.82, 2.24) is 19.9 Å². The van der Waals surface area contributed by atoms with E-state index in [1.165, 1.54) is 0 Å². The molecule has 0 spiro atoms. The average Bonchev–Trinajstić information content (AvgIpc) is 3.21. The van der Waals surface area contributed by atoms with Crippen LogP contribution in [0.2, 0.25) is 0 Å². The number of benzene rings is 7. The average molecular weight is 639 g/mol. The third-order valence-electron chi connectivity index (χ3n) is 9.10. The van der Waals surface area contributed by atoms with Gasteiger partial charge in [0.15, 0.2) is 11.6 Å². The van der Waals surface area contributed by atoms with E-state index in [2.05, 4.69) is 109 Å². The van der Waals surface area contributed by atoms with Gasteiger partial charge in [0.2, 0.25) is 0 Å². The van der Waals surface area contributed by atoms with Crippen LogP contribution in [0.4, 0.5) is 0 Å². The molecule has 0 aliphatic heterocycles. The molecule has 0 fully saturated rings. The van der Waals surface area contributed by atoms with Gasteiger partial charge in [-0.1, -0.05) is 170 Å². The van der Waals surface area contributed by atoms with Crippen molar-refractivity contribution in [3.05, 3.63) is 182 Å². The molecule has 4 nitrogen and oxygen atoms in total. The van der Waals surface area contributed by atoms with Crippen molar-refractivity contribution in [1.29, 1.82) is 0 Å². The molecule has 234 valence electrons. The number of aromatic nitrogens is 4. The van der Waals surface area contributed by atoms with Crippen molar-refractivity contribution < 1.29 is 0 Å². The molecule has 0 amide bonds. The molecule has 50 heavy (non-hydrogen) atoms. The summed E-state index contributed by atoms with van der Waals surface area (Å²) >= 11 is 0. The fourth-order valence-corrected chi connectivity index (χ4v) is 6.78. The minimum atomic E-state index is 0.690. The van der Waals surface area contributed by atoms with Crippen LogP contribution >= 0.6 is 0 Å². The summed E-state index contributed by atoms with van der Waals surface area (Å²) in [6.45, 7) is 0. The summed E-state index contributed by atoms with van der Waals surface area (Å²) in [5.74, 6) is 1.38. The zero-order chi connectivity index (χ0) is 33.3. The molecule has 0 bridgehead atoms. The van der Waals surface area contributed by atoms with E-state index in [9.17, 15) is 0 Å². The number of hydrogen-bond acceptors (Lipinski definition) is 4. The number of fused-ring (bicyclic) bond motifs is 2. The van der Waals surface area contributed by atoms with Crippen LogP contribution in [0, 0.1) is 0 Å². The van der Waals surface area contributed by atoms with Crippen molar-refractivity contribution in [2.24, 2.45) is 0 Å². The van der Waals surface area contributed by atoms with Crippen LogP contribution < -0.4 is 0 Å². The molecule has 9 rings (SSSR count). The molecule has 0 N–H and O–H groups in total. The van der Waals surface area contributed by atoms with Gasteiger partial charge in [-0.2, -0.15) is 0 Å². The van der Waals surface area contributed by atoms with Gasteiger partial charge in [-0.15, -0.1) is 0 Å². The maximum atomic E-state index is 5.27. The maximum Gasteiger partial charge on any atom is 0.160 e. The van der Waals surface area contributed by atoms with Gasteiger partial charge in [-0.25, -0.2) is 19.9 Å². The predicted molar refractivity (Wildman–Crippen MR) is 205 cm³/mol. The van der Waals surface area contributed by atoms with E-state index in [1.807, 2.05) is 72.8 Å². The summed E-state index contributed by atoms with van der Waals surface area (Å²) in [6, 6.07) is 62.6. The van der Waals surface area contributed by atoms with Crippen molar-refractivity contribution in [3.8, 4) is 67.8 Å². The summed E-state index contributed by atoms with van der Waals surface area (Å²) in [5, 5.41) is 4.39. The highest BCUT2D eigenvalue weighted by Crippen LogP contribution is 2.44. The molecule has 2 aromatic heterocycles. The molecule has 0 radical (unpaired) electrons. The van der Waals surface area contributed by atoms with E-state index in [-0.39, 0.29) is 0 Å². The van der Waals surface area contributed by atoms with E-state index in [0.29, 0.717) is 11.6 Å². The van der Waals surface area contributed by atoms with E-state index < -0.39 is 0 Å². The number of hydrogen-bond donors (Lipinski definition) is 0. The summed E-state index contributed by atoms with van der Waals surface area (Å²) in [4.78, 5) is 20.7. The SMILES string of the molecule is c1ccc(-c2cc(-c3c4ccccc4c(-c4cc(-c5ccccc5)nc(-c5ccccc5)n4)c4ccccc34)nc(-c3ccccc3)n2)cc1. The van der Waals surface area contributed by atoms with Crippen molar-refractivity contribution in [3.63, 3.8) is 0 Å². The second-order valence-corrected chi connectivity index (χ2v) is 12.2. The highest BCUT2D eigenvalue weighted by molar-refractivity contribution is 6.21. The monoisotopic (exact) mass is 638 g/mol. The van der Waals surface area contributed by atoms with Crippen LogP contribution in [0.25, 0.3) is 89.4 Å². The molecular weight excluding hydrogens is 609 g/mol. The Morgan fingerprint density at radius 3 is 0.820 bits per heavy atom. The third-order valence-corrected chi connectivity index (χ3v) is 9.10. The van der Waals surface area contributed by atoms with E-state index in [4.69, 9.17) is 19.9 Å². The Bertz CT molecular complexity index is 2260. The lowest BCUT2D eigenvalue weighted by atomic mass is 9.88. The van der Waals surface area contributed by atoms with Gasteiger partial charge in [0.05, 0.1) is 22.8 Å². The van der Waals surface area contributed by atoms with Crippen LogP contribution in [0.3, 0.4) is 0 Å². The third kappa shape index (κ3) is 5.39. The molecule has 0 saturated heterocycles. The van der Waals surface area contributed by atoms with Gasteiger partial charge in [0, 0.05) is 33.4 Å². The van der Waals surface area contributed by atoms with Crippen LogP contribution in [-0.4, -0.2) is 19.9 Å². The molecule has 0 unspecified atom stereocenters. The molecular formula is C46H30N4. The Morgan fingerprint density at radius 2 is 0.500 bits per heavy atom. The molecule has 0 saturated carbocycles. The van der Waals surface area contributed by atoms with Crippen molar-refractivity contribution in [2.45, 2.75) is 0 Å². The largest absolute Gasteiger partial charge is 0.228 e. The molecule has 7 aromatic carbocycles. The lowest BCUT2D eigenvalue weighted by Crippen LogP contribution is -1.99. The molecule has 9 aromatic rings. The first kappa shape index (κ1) is 29.4. The fourth-order valence-electron chi connectivity index (χ4n) is 6.78. The lowest BCUT2D eigenvalue weighted by Gasteiger charge is -2.18. The Morgan fingerprint density at radius 1 is 0.240 bits per heavy atom. The second kappa shape index (κ2) is 12.7. The maximum absolute atomic E-state index is 5.27. The molecule has 2 heterocycles. The van der Waals surface area contributed by atoms with Gasteiger partial charge < -0.3 is 0 Å². The standard InChI is InChI=1S/C46H30N4/c1-5-17-31(18-6-1)39-29-41(49-45(47-39)33-21-9-3-10-22-33)43-35-25-13-15-27-37(35)44(38-28-16-14-26-36(38)43)42-30-40(32-19-7-2-8-20-32)48-46(50-42)34-23-11-4-12-24-34/h1-30H. The van der Waals surface area contributed by atoms with E-state index in [0.717, 1.165) is 77.7 Å². The zero-order valence-electron chi connectivity index (χ0n) is 27.1. The second-order valence-electron chi connectivity index (χ2n) is 12.2. The molecule has 4 heteroatoms. The van der Waals surface area contributed by atoms with Crippen LogP contribution in [-0.2, 0) is 0 Å². The zero-order valence-corrected chi connectivity index (χ0v) is 27.1. The van der Waals surface area contributed by atoms with Gasteiger partial charge in [0.1, 0.15) is 0 Å². The molecule has 0 aliphatic carbocycles. The summed E-state index contributed by atoms with van der Waals surface area (Å²) in [6.07, 6.45) is 0. The van der Waals surface area contributed by atoms with E-state index >= 15 is 0 Å². The molecule has 0 aliphatic rings. The van der Waals surface area contributed by atoms with Gasteiger partial charge in [-0.05, 0) is 33.7 Å². The summed E-state index contributed by atoms with van der Waals surface area (Å²) in [7, 11) is 0. The van der Waals surface area contributed by atoms with E-state index in [1.54, 1.807) is 0 Å². The van der Waals surface area contributed by atoms with Crippen LogP contribution in [0.5, 0.6) is 0 Å². The first-order chi connectivity index (χ1) is 24.8. The minimum absolute atomic E-state index is 0.690. The van der Waals surface area contributed by atoms with Crippen molar-refractivity contribution >= 4 is 21.5 Å².